The van der Waals surface area contributed by atoms with Gasteiger partial charge in [0.2, 0.25) is 0 Å². The van der Waals surface area contributed by atoms with Crippen molar-refractivity contribution >= 4 is 11.3 Å². The Morgan fingerprint density at radius 3 is 2.82 bits per heavy atom. The van der Waals surface area contributed by atoms with Gasteiger partial charge in [0.25, 0.3) is 0 Å². The van der Waals surface area contributed by atoms with Crippen molar-refractivity contribution in [2.75, 3.05) is 7.05 Å². The summed E-state index contributed by atoms with van der Waals surface area (Å²) in [6.07, 6.45) is 0. The van der Waals surface area contributed by atoms with Crippen molar-refractivity contribution in [3.8, 4) is 0 Å². The van der Waals surface area contributed by atoms with E-state index in [2.05, 4.69) is 41.3 Å². The Balaban J connectivity index is 1.91. The molecule has 2 aromatic heterocycles. The monoisotopic (exact) mass is 251 g/mol. The van der Waals surface area contributed by atoms with Crippen molar-refractivity contribution < 1.29 is 4.52 Å². The quantitative estimate of drug-likeness (QED) is 0.819. The van der Waals surface area contributed by atoms with Crippen LogP contribution in [0.3, 0.4) is 0 Å². The maximum absolute atomic E-state index is 5.31. The average Bonchev–Trinajstić information content (AvgIpc) is 2.88. The second kappa shape index (κ2) is 5.42. The molecule has 0 aliphatic heterocycles. The van der Waals surface area contributed by atoms with Crippen LogP contribution in [0.4, 0.5) is 0 Å². The maximum atomic E-state index is 5.31. The number of aromatic nitrogens is 2. The van der Waals surface area contributed by atoms with Gasteiger partial charge in [-0.05, 0) is 13.0 Å². The van der Waals surface area contributed by atoms with Crippen LogP contribution < -0.4 is 0 Å². The van der Waals surface area contributed by atoms with Gasteiger partial charge in [0.1, 0.15) is 0 Å². The second-order valence-electron chi connectivity index (χ2n) is 4.52. The first-order chi connectivity index (χ1) is 8.15. The largest absolute Gasteiger partial charge is 0.360 e. The lowest BCUT2D eigenvalue weighted by Crippen LogP contribution is -2.16. The van der Waals surface area contributed by atoms with E-state index >= 15 is 0 Å². The predicted octanol–water partition coefficient (Wildman–Crippen LogP) is 2.89. The molecule has 0 N–H and O–H groups in total. The van der Waals surface area contributed by atoms with Crippen molar-refractivity contribution in [1.82, 2.24) is 15.0 Å². The van der Waals surface area contributed by atoms with Crippen LogP contribution in [-0.2, 0) is 13.1 Å². The Hall–Kier alpha value is -1.20. The van der Waals surface area contributed by atoms with E-state index in [4.69, 9.17) is 4.52 Å². The molecule has 0 amide bonds. The molecule has 92 valence electrons. The van der Waals surface area contributed by atoms with Crippen LogP contribution in [0, 0.1) is 0 Å². The van der Waals surface area contributed by atoms with E-state index in [-0.39, 0.29) is 0 Å². The van der Waals surface area contributed by atoms with Crippen LogP contribution in [0.1, 0.15) is 36.9 Å². The molecule has 0 aromatic carbocycles. The number of rotatable bonds is 5. The minimum absolute atomic E-state index is 0.413. The zero-order chi connectivity index (χ0) is 12.3. The van der Waals surface area contributed by atoms with Gasteiger partial charge in [-0.15, -0.1) is 11.3 Å². The Morgan fingerprint density at radius 1 is 1.41 bits per heavy atom. The predicted molar refractivity (Wildman–Crippen MR) is 67.9 cm³/mol. The number of nitrogens with zero attached hydrogens (tertiary/aromatic N) is 3. The third-order valence-corrected chi connectivity index (χ3v) is 3.15. The maximum Gasteiger partial charge on any atom is 0.150 e. The van der Waals surface area contributed by atoms with Crippen molar-refractivity contribution in [1.29, 1.82) is 0 Å². The first-order valence-electron chi connectivity index (χ1n) is 5.66. The molecule has 0 aliphatic rings. The highest BCUT2D eigenvalue weighted by Gasteiger charge is 2.10. The SMILES string of the molecule is CC(C)c1cc(CN(C)Cc2cscn2)on1. The van der Waals surface area contributed by atoms with E-state index in [1.54, 1.807) is 11.3 Å². The fourth-order valence-electron chi connectivity index (χ4n) is 1.59. The number of thiazole rings is 1. The molecule has 2 rings (SSSR count). The molecule has 4 nitrogen and oxygen atoms in total. The fourth-order valence-corrected chi connectivity index (χ4v) is 2.14. The van der Waals surface area contributed by atoms with Gasteiger partial charge in [0, 0.05) is 18.0 Å². The molecular weight excluding hydrogens is 234 g/mol. The smallest absolute Gasteiger partial charge is 0.150 e. The van der Waals surface area contributed by atoms with Gasteiger partial charge in [-0.2, -0.15) is 0 Å². The molecular formula is C12H17N3OS. The highest BCUT2D eigenvalue weighted by atomic mass is 32.1. The summed E-state index contributed by atoms with van der Waals surface area (Å²) >= 11 is 1.62. The first-order valence-corrected chi connectivity index (χ1v) is 6.60. The molecule has 0 fully saturated rings. The summed E-state index contributed by atoms with van der Waals surface area (Å²) < 4.78 is 5.31. The van der Waals surface area contributed by atoms with Crippen LogP contribution in [0.2, 0.25) is 0 Å². The van der Waals surface area contributed by atoms with Gasteiger partial charge in [-0.3, -0.25) is 4.90 Å². The third-order valence-electron chi connectivity index (χ3n) is 2.51. The molecule has 0 bridgehead atoms. The van der Waals surface area contributed by atoms with Gasteiger partial charge in [-0.25, -0.2) is 4.98 Å². The minimum Gasteiger partial charge on any atom is -0.360 e. The van der Waals surface area contributed by atoms with Crippen LogP contribution in [-0.4, -0.2) is 22.1 Å². The zero-order valence-corrected chi connectivity index (χ0v) is 11.2. The molecule has 0 radical (unpaired) electrons. The fraction of sp³-hybridized carbons (Fsp3) is 0.500. The third kappa shape index (κ3) is 3.38. The molecule has 5 heteroatoms. The van der Waals surface area contributed by atoms with Gasteiger partial charge in [-0.1, -0.05) is 19.0 Å². The van der Waals surface area contributed by atoms with E-state index in [9.17, 15) is 0 Å². The van der Waals surface area contributed by atoms with Gasteiger partial charge < -0.3 is 4.52 Å². The van der Waals surface area contributed by atoms with Crippen molar-refractivity contribution in [3.63, 3.8) is 0 Å². The normalized spacial score (nSPS) is 11.6. The van der Waals surface area contributed by atoms with Crippen LogP contribution in [0.5, 0.6) is 0 Å². The van der Waals surface area contributed by atoms with Crippen LogP contribution in [0.25, 0.3) is 0 Å². The van der Waals surface area contributed by atoms with Gasteiger partial charge in [0.05, 0.1) is 23.4 Å². The Morgan fingerprint density at radius 2 is 2.24 bits per heavy atom. The van der Waals surface area contributed by atoms with E-state index in [1.807, 2.05) is 11.6 Å². The van der Waals surface area contributed by atoms with Gasteiger partial charge in [0.15, 0.2) is 5.76 Å². The summed E-state index contributed by atoms with van der Waals surface area (Å²) in [5.41, 5.74) is 3.97. The van der Waals surface area contributed by atoms with E-state index in [0.717, 1.165) is 30.2 Å². The summed E-state index contributed by atoms with van der Waals surface area (Å²) in [5.74, 6) is 1.32. The second-order valence-corrected chi connectivity index (χ2v) is 5.24. The topological polar surface area (TPSA) is 42.2 Å². The first kappa shape index (κ1) is 12.3. The lowest BCUT2D eigenvalue weighted by atomic mass is 10.1. The zero-order valence-electron chi connectivity index (χ0n) is 10.4. The lowest BCUT2D eigenvalue weighted by Gasteiger charge is -2.12. The van der Waals surface area contributed by atoms with Crippen LogP contribution >= 0.6 is 11.3 Å². The van der Waals surface area contributed by atoms with E-state index < -0.39 is 0 Å². The number of hydrogen-bond donors (Lipinski definition) is 0. The summed E-state index contributed by atoms with van der Waals surface area (Å²) in [5, 5.41) is 6.12. The summed E-state index contributed by atoms with van der Waals surface area (Å²) in [7, 11) is 2.05. The minimum atomic E-state index is 0.413. The Labute approximate surface area is 105 Å². The molecule has 0 saturated heterocycles. The molecule has 0 spiro atoms. The molecule has 0 saturated carbocycles. The van der Waals surface area contributed by atoms with Gasteiger partial charge >= 0.3 is 0 Å². The van der Waals surface area contributed by atoms with Crippen molar-refractivity contribution in [2.24, 2.45) is 0 Å². The Bertz CT molecular complexity index is 450. The number of hydrogen-bond acceptors (Lipinski definition) is 5. The van der Waals surface area contributed by atoms with Crippen LogP contribution in [0.15, 0.2) is 21.5 Å². The standard InChI is InChI=1S/C12H17N3OS/c1-9(2)12-4-11(16-14-12)6-15(3)5-10-7-17-8-13-10/h4,7-9H,5-6H2,1-3H3. The molecule has 2 aromatic rings. The summed E-state index contributed by atoms with van der Waals surface area (Å²) in [6.45, 7) is 5.82. The van der Waals surface area contributed by atoms with Crippen molar-refractivity contribution in [2.45, 2.75) is 32.9 Å². The summed E-state index contributed by atoms with van der Waals surface area (Å²) in [6, 6.07) is 2.03. The highest BCUT2D eigenvalue weighted by molar-refractivity contribution is 7.07. The van der Waals surface area contributed by atoms with E-state index in [1.165, 1.54) is 0 Å². The molecule has 2 heterocycles. The molecule has 0 atom stereocenters. The molecule has 0 unspecified atom stereocenters. The average molecular weight is 251 g/mol. The Kier molecular flexibility index (Phi) is 3.91. The molecule has 17 heavy (non-hydrogen) atoms. The lowest BCUT2D eigenvalue weighted by molar-refractivity contribution is 0.263. The van der Waals surface area contributed by atoms with Crippen molar-refractivity contribution in [3.05, 3.63) is 34.1 Å². The summed E-state index contributed by atoms with van der Waals surface area (Å²) in [4.78, 5) is 6.43. The van der Waals surface area contributed by atoms with E-state index in [0.29, 0.717) is 5.92 Å². The highest BCUT2D eigenvalue weighted by Crippen LogP contribution is 2.15. The molecule has 0 aliphatic carbocycles.